The van der Waals surface area contributed by atoms with Crippen LogP contribution in [-0.4, -0.2) is 40.7 Å². The third-order valence-electron chi connectivity index (χ3n) is 2.95. The van der Waals surface area contributed by atoms with E-state index in [1.807, 2.05) is 31.2 Å². The number of hydrogen-bond acceptors (Lipinski definition) is 3. The Hall–Kier alpha value is -2.14. The van der Waals surface area contributed by atoms with Crippen molar-refractivity contribution in [2.45, 2.75) is 19.4 Å². The summed E-state index contributed by atoms with van der Waals surface area (Å²) < 4.78 is 1.71. The standard InChI is InChI=1S/C15H20N4O/c1-11(16)9-12-5-4-6-13(10-12)19-8-7-14(17-19)15(20)18(2)3/h4-8,10-11H,9,16H2,1-3H3. The van der Waals surface area contributed by atoms with Crippen molar-refractivity contribution in [1.82, 2.24) is 14.7 Å². The van der Waals surface area contributed by atoms with Crippen LogP contribution in [0.2, 0.25) is 0 Å². The number of aromatic nitrogens is 2. The van der Waals surface area contributed by atoms with Crippen LogP contribution in [0.5, 0.6) is 0 Å². The van der Waals surface area contributed by atoms with E-state index >= 15 is 0 Å². The van der Waals surface area contributed by atoms with Crippen LogP contribution in [0.3, 0.4) is 0 Å². The molecule has 5 heteroatoms. The predicted octanol–water partition coefficient (Wildman–Crippen LogP) is 1.46. The highest BCUT2D eigenvalue weighted by Crippen LogP contribution is 2.12. The molecule has 0 saturated heterocycles. The molecule has 0 saturated carbocycles. The fourth-order valence-corrected chi connectivity index (χ4v) is 2.01. The van der Waals surface area contributed by atoms with Gasteiger partial charge >= 0.3 is 0 Å². The Morgan fingerprint density at radius 1 is 1.40 bits per heavy atom. The second-order valence-corrected chi connectivity index (χ2v) is 5.20. The second kappa shape index (κ2) is 5.88. The van der Waals surface area contributed by atoms with Crippen molar-refractivity contribution in [2.24, 2.45) is 5.73 Å². The van der Waals surface area contributed by atoms with Gasteiger partial charge in [0.25, 0.3) is 5.91 Å². The van der Waals surface area contributed by atoms with Crippen molar-refractivity contribution < 1.29 is 4.79 Å². The third-order valence-corrected chi connectivity index (χ3v) is 2.95. The first kappa shape index (κ1) is 14.3. The zero-order chi connectivity index (χ0) is 14.7. The summed E-state index contributed by atoms with van der Waals surface area (Å²) in [5.41, 5.74) is 8.35. The first-order chi connectivity index (χ1) is 9.47. The molecule has 1 aromatic carbocycles. The van der Waals surface area contributed by atoms with Crippen LogP contribution in [0.4, 0.5) is 0 Å². The van der Waals surface area contributed by atoms with E-state index in [1.54, 1.807) is 31.0 Å². The molecule has 1 heterocycles. The number of amides is 1. The second-order valence-electron chi connectivity index (χ2n) is 5.20. The van der Waals surface area contributed by atoms with Gasteiger partial charge in [0.1, 0.15) is 0 Å². The lowest BCUT2D eigenvalue weighted by atomic mass is 10.1. The average Bonchev–Trinajstić information content (AvgIpc) is 2.86. The fourth-order valence-electron chi connectivity index (χ4n) is 2.01. The predicted molar refractivity (Wildman–Crippen MR) is 78.9 cm³/mol. The highest BCUT2D eigenvalue weighted by Gasteiger charge is 2.12. The van der Waals surface area contributed by atoms with Crippen LogP contribution < -0.4 is 5.73 Å². The fraction of sp³-hybridized carbons (Fsp3) is 0.333. The molecule has 20 heavy (non-hydrogen) atoms. The van der Waals surface area contributed by atoms with Gasteiger partial charge < -0.3 is 10.6 Å². The van der Waals surface area contributed by atoms with Gasteiger partial charge in [0.15, 0.2) is 5.69 Å². The first-order valence-electron chi connectivity index (χ1n) is 6.59. The number of carbonyl (C=O) groups excluding carboxylic acids is 1. The van der Waals surface area contributed by atoms with Crippen LogP contribution >= 0.6 is 0 Å². The summed E-state index contributed by atoms with van der Waals surface area (Å²) in [7, 11) is 3.43. The Balaban J connectivity index is 2.26. The molecule has 0 spiro atoms. The van der Waals surface area contributed by atoms with Crippen molar-refractivity contribution >= 4 is 5.91 Å². The van der Waals surface area contributed by atoms with Crippen molar-refractivity contribution in [3.8, 4) is 5.69 Å². The van der Waals surface area contributed by atoms with Crippen molar-refractivity contribution in [3.05, 3.63) is 47.8 Å². The van der Waals surface area contributed by atoms with Crippen molar-refractivity contribution in [2.75, 3.05) is 14.1 Å². The lowest BCUT2D eigenvalue weighted by Crippen LogP contribution is -2.22. The summed E-state index contributed by atoms with van der Waals surface area (Å²) in [5.74, 6) is -0.101. The number of hydrogen-bond donors (Lipinski definition) is 1. The van der Waals surface area contributed by atoms with Gasteiger partial charge in [-0.25, -0.2) is 4.68 Å². The minimum absolute atomic E-state index is 0.101. The van der Waals surface area contributed by atoms with Gasteiger partial charge in [-0.05, 0) is 37.1 Å². The number of benzene rings is 1. The van der Waals surface area contributed by atoms with E-state index in [0.717, 1.165) is 17.7 Å². The van der Waals surface area contributed by atoms with E-state index in [4.69, 9.17) is 5.73 Å². The van der Waals surface area contributed by atoms with E-state index in [9.17, 15) is 4.79 Å². The topological polar surface area (TPSA) is 64.2 Å². The van der Waals surface area contributed by atoms with Gasteiger partial charge in [0.05, 0.1) is 5.69 Å². The molecule has 1 amide bonds. The average molecular weight is 272 g/mol. The largest absolute Gasteiger partial charge is 0.343 e. The monoisotopic (exact) mass is 272 g/mol. The quantitative estimate of drug-likeness (QED) is 0.916. The van der Waals surface area contributed by atoms with E-state index < -0.39 is 0 Å². The summed E-state index contributed by atoms with van der Waals surface area (Å²) in [6.07, 6.45) is 2.61. The summed E-state index contributed by atoms with van der Waals surface area (Å²) in [4.78, 5) is 13.3. The van der Waals surface area contributed by atoms with Gasteiger partial charge in [0, 0.05) is 26.3 Å². The van der Waals surface area contributed by atoms with Crippen molar-refractivity contribution in [3.63, 3.8) is 0 Å². The number of nitrogens with two attached hydrogens (primary N) is 1. The van der Waals surface area contributed by atoms with Crippen molar-refractivity contribution in [1.29, 1.82) is 0 Å². The van der Waals surface area contributed by atoms with Crippen LogP contribution in [0.15, 0.2) is 36.5 Å². The van der Waals surface area contributed by atoms with E-state index in [0.29, 0.717) is 5.69 Å². The molecule has 0 bridgehead atoms. The highest BCUT2D eigenvalue weighted by molar-refractivity contribution is 5.91. The summed E-state index contributed by atoms with van der Waals surface area (Å²) in [6.45, 7) is 1.98. The summed E-state index contributed by atoms with van der Waals surface area (Å²) >= 11 is 0. The molecule has 2 aromatic rings. The summed E-state index contributed by atoms with van der Waals surface area (Å²) in [5, 5.41) is 4.32. The zero-order valence-corrected chi connectivity index (χ0v) is 12.1. The van der Waals surface area contributed by atoms with E-state index in [-0.39, 0.29) is 11.9 Å². The molecule has 1 unspecified atom stereocenters. The number of rotatable bonds is 4. The SMILES string of the molecule is CC(N)Cc1cccc(-n2ccc(C(=O)N(C)C)n2)c1. The van der Waals surface area contributed by atoms with Gasteiger partial charge in [-0.15, -0.1) is 0 Å². The Kier molecular flexibility index (Phi) is 4.20. The van der Waals surface area contributed by atoms with Gasteiger partial charge in [0.2, 0.25) is 0 Å². The Bertz CT molecular complexity index is 601. The Morgan fingerprint density at radius 3 is 2.80 bits per heavy atom. The normalized spacial score (nSPS) is 12.2. The van der Waals surface area contributed by atoms with E-state index in [2.05, 4.69) is 5.10 Å². The van der Waals surface area contributed by atoms with Crippen LogP contribution in [0, 0.1) is 0 Å². The minimum Gasteiger partial charge on any atom is -0.343 e. The van der Waals surface area contributed by atoms with Crippen LogP contribution in [0.1, 0.15) is 23.0 Å². The molecular formula is C15H20N4O. The first-order valence-corrected chi connectivity index (χ1v) is 6.59. The molecule has 5 nitrogen and oxygen atoms in total. The maximum Gasteiger partial charge on any atom is 0.273 e. The van der Waals surface area contributed by atoms with E-state index in [1.165, 1.54) is 4.90 Å². The molecule has 106 valence electrons. The number of nitrogens with zero attached hydrogens (tertiary/aromatic N) is 3. The van der Waals surface area contributed by atoms with Crippen LogP contribution in [-0.2, 0) is 6.42 Å². The molecule has 0 aliphatic carbocycles. The molecule has 1 aromatic heterocycles. The lowest BCUT2D eigenvalue weighted by molar-refractivity contribution is 0.0821. The maximum atomic E-state index is 11.8. The van der Waals surface area contributed by atoms with Gasteiger partial charge in [-0.2, -0.15) is 5.10 Å². The third kappa shape index (κ3) is 3.24. The smallest absolute Gasteiger partial charge is 0.273 e. The Labute approximate surface area is 119 Å². The molecule has 2 N–H and O–H groups in total. The molecule has 0 aliphatic rings. The zero-order valence-electron chi connectivity index (χ0n) is 12.1. The highest BCUT2D eigenvalue weighted by atomic mass is 16.2. The minimum atomic E-state index is -0.101. The maximum absolute atomic E-state index is 11.8. The molecule has 1 atom stereocenters. The molecule has 0 fully saturated rings. The molecule has 0 radical (unpaired) electrons. The molecule has 2 rings (SSSR count). The van der Waals surface area contributed by atoms with Gasteiger partial charge in [-0.3, -0.25) is 4.79 Å². The molecule has 0 aliphatic heterocycles. The number of carbonyl (C=O) groups is 1. The summed E-state index contributed by atoms with van der Waals surface area (Å²) in [6, 6.07) is 9.86. The van der Waals surface area contributed by atoms with Crippen LogP contribution in [0.25, 0.3) is 5.69 Å². The molecular weight excluding hydrogens is 252 g/mol. The Morgan fingerprint density at radius 2 is 2.15 bits per heavy atom. The lowest BCUT2D eigenvalue weighted by Gasteiger charge is -2.08. The van der Waals surface area contributed by atoms with Gasteiger partial charge in [-0.1, -0.05) is 12.1 Å².